The van der Waals surface area contributed by atoms with Gasteiger partial charge in [-0.2, -0.15) is 5.10 Å². The lowest BCUT2D eigenvalue weighted by molar-refractivity contribution is 0.312. The van der Waals surface area contributed by atoms with E-state index in [9.17, 15) is 4.39 Å². The minimum atomic E-state index is -0.295. The van der Waals surface area contributed by atoms with Gasteiger partial charge in [-0.05, 0) is 55.6 Å². The first-order valence-electron chi connectivity index (χ1n) is 11.2. The molecule has 0 saturated carbocycles. The van der Waals surface area contributed by atoms with Crippen LogP contribution in [0.25, 0.3) is 28.1 Å². The standard InChI is InChI=1S/C26H27FN6O/c1-31-11-13-32(14-12-31)20-7-8-21(25(15-20)34-2)23-17-29-26(28)16-22(23)24-9-10-30-33(24)19-5-3-18(27)4-6-19/h3-10,15-17H,11-14H2,1-2H3,(H2,28,29). The fraction of sp³-hybridized carbons (Fsp3) is 0.231. The van der Waals surface area contributed by atoms with Gasteiger partial charge in [0.2, 0.25) is 0 Å². The smallest absolute Gasteiger partial charge is 0.128 e. The number of methoxy groups -OCH3 is 1. The summed E-state index contributed by atoms with van der Waals surface area (Å²) in [6, 6.07) is 16.3. The van der Waals surface area contributed by atoms with E-state index >= 15 is 0 Å². The third-order valence-corrected chi connectivity index (χ3v) is 6.26. The van der Waals surface area contributed by atoms with Crippen LogP contribution in [0.3, 0.4) is 0 Å². The molecule has 2 aromatic carbocycles. The van der Waals surface area contributed by atoms with Gasteiger partial charge in [-0.15, -0.1) is 0 Å². The molecule has 2 N–H and O–H groups in total. The van der Waals surface area contributed by atoms with Crippen molar-refractivity contribution in [2.75, 3.05) is 51.0 Å². The molecule has 0 amide bonds. The van der Waals surface area contributed by atoms with Gasteiger partial charge in [0.05, 0.1) is 24.7 Å². The SMILES string of the molecule is COc1cc(N2CCN(C)CC2)ccc1-c1cnc(N)cc1-c1ccnn1-c1ccc(F)cc1. The topological polar surface area (TPSA) is 72.4 Å². The van der Waals surface area contributed by atoms with Crippen LogP contribution < -0.4 is 15.4 Å². The summed E-state index contributed by atoms with van der Waals surface area (Å²) in [6.07, 6.45) is 3.48. The van der Waals surface area contributed by atoms with E-state index in [1.54, 1.807) is 36.3 Å². The molecule has 8 heteroatoms. The van der Waals surface area contributed by atoms with Crippen LogP contribution in [0.1, 0.15) is 0 Å². The van der Waals surface area contributed by atoms with Crippen LogP contribution in [-0.4, -0.2) is 60.0 Å². The number of ether oxygens (including phenoxy) is 1. The van der Waals surface area contributed by atoms with Crippen LogP contribution in [0.2, 0.25) is 0 Å². The second-order valence-corrected chi connectivity index (χ2v) is 8.43. The van der Waals surface area contributed by atoms with Gasteiger partial charge in [0.15, 0.2) is 0 Å². The van der Waals surface area contributed by atoms with Crippen molar-refractivity contribution in [1.29, 1.82) is 0 Å². The van der Waals surface area contributed by atoms with Crippen molar-refractivity contribution in [1.82, 2.24) is 19.7 Å². The van der Waals surface area contributed by atoms with E-state index in [0.717, 1.165) is 65.7 Å². The Kier molecular flexibility index (Phi) is 5.90. The first-order valence-corrected chi connectivity index (χ1v) is 11.2. The summed E-state index contributed by atoms with van der Waals surface area (Å²) in [7, 11) is 3.83. The number of piperazine rings is 1. The summed E-state index contributed by atoms with van der Waals surface area (Å²) in [6.45, 7) is 4.02. The molecule has 2 aromatic heterocycles. The Balaban J connectivity index is 1.58. The Morgan fingerprint density at radius 1 is 0.882 bits per heavy atom. The first-order chi connectivity index (χ1) is 16.5. The second-order valence-electron chi connectivity index (χ2n) is 8.43. The van der Waals surface area contributed by atoms with Crippen LogP contribution in [0.4, 0.5) is 15.9 Å². The fourth-order valence-electron chi connectivity index (χ4n) is 4.36. The third-order valence-electron chi connectivity index (χ3n) is 6.26. The van der Waals surface area contributed by atoms with Gasteiger partial charge in [-0.25, -0.2) is 14.1 Å². The minimum absolute atomic E-state index is 0.295. The summed E-state index contributed by atoms with van der Waals surface area (Å²) in [5.74, 6) is 0.868. The normalized spacial score (nSPS) is 14.4. The van der Waals surface area contributed by atoms with Crippen molar-refractivity contribution in [3.63, 3.8) is 0 Å². The molecular formula is C26H27FN6O. The van der Waals surface area contributed by atoms with Crippen molar-refractivity contribution < 1.29 is 9.13 Å². The summed E-state index contributed by atoms with van der Waals surface area (Å²) in [4.78, 5) is 9.07. The first kappa shape index (κ1) is 21.9. The minimum Gasteiger partial charge on any atom is -0.496 e. The largest absolute Gasteiger partial charge is 0.496 e. The Labute approximate surface area is 198 Å². The molecule has 7 nitrogen and oxygen atoms in total. The van der Waals surface area contributed by atoms with Gasteiger partial charge < -0.3 is 20.3 Å². The number of nitrogens with two attached hydrogens (primary N) is 1. The lowest BCUT2D eigenvalue weighted by atomic mass is 9.98. The molecule has 1 aliphatic heterocycles. The number of rotatable bonds is 5. The zero-order valence-electron chi connectivity index (χ0n) is 19.3. The molecule has 5 rings (SSSR count). The number of aromatic nitrogens is 3. The number of halogens is 1. The van der Waals surface area contributed by atoms with E-state index in [2.05, 4.69) is 45.1 Å². The number of benzene rings is 2. The number of hydrogen-bond donors (Lipinski definition) is 1. The molecule has 0 atom stereocenters. The lowest BCUT2D eigenvalue weighted by Crippen LogP contribution is -2.44. The highest BCUT2D eigenvalue weighted by molar-refractivity contribution is 5.87. The highest BCUT2D eigenvalue weighted by atomic mass is 19.1. The molecule has 1 aliphatic rings. The van der Waals surface area contributed by atoms with Gasteiger partial charge in [0.25, 0.3) is 0 Å². The third kappa shape index (κ3) is 4.20. The maximum Gasteiger partial charge on any atom is 0.128 e. The summed E-state index contributed by atoms with van der Waals surface area (Å²) in [5, 5.41) is 4.47. The zero-order chi connectivity index (χ0) is 23.7. The molecule has 0 spiro atoms. The van der Waals surface area contributed by atoms with Crippen LogP contribution in [0, 0.1) is 5.82 Å². The van der Waals surface area contributed by atoms with E-state index in [4.69, 9.17) is 10.5 Å². The number of anilines is 2. The van der Waals surface area contributed by atoms with Gasteiger partial charge in [-0.3, -0.25) is 0 Å². The highest BCUT2D eigenvalue weighted by Crippen LogP contribution is 2.40. The van der Waals surface area contributed by atoms with Crippen molar-refractivity contribution in [2.45, 2.75) is 0 Å². The van der Waals surface area contributed by atoms with Crippen LogP contribution in [0.5, 0.6) is 5.75 Å². The van der Waals surface area contributed by atoms with E-state index in [-0.39, 0.29) is 5.82 Å². The second kappa shape index (κ2) is 9.15. The number of nitrogens with zero attached hydrogens (tertiary/aromatic N) is 5. The molecule has 4 aromatic rings. The molecule has 0 radical (unpaired) electrons. The van der Waals surface area contributed by atoms with E-state index in [1.165, 1.54) is 12.1 Å². The lowest BCUT2D eigenvalue weighted by Gasteiger charge is -2.34. The average Bonchev–Trinajstić information content (AvgIpc) is 3.34. The monoisotopic (exact) mass is 458 g/mol. The maximum absolute atomic E-state index is 13.5. The van der Waals surface area contributed by atoms with Crippen molar-refractivity contribution in [3.8, 4) is 33.8 Å². The van der Waals surface area contributed by atoms with Crippen molar-refractivity contribution in [3.05, 3.63) is 72.8 Å². The predicted molar refractivity (Wildman–Crippen MR) is 133 cm³/mol. The summed E-state index contributed by atoms with van der Waals surface area (Å²) in [5.41, 5.74) is 11.4. The van der Waals surface area contributed by atoms with E-state index in [1.807, 2.05) is 12.1 Å². The van der Waals surface area contributed by atoms with Crippen molar-refractivity contribution in [2.24, 2.45) is 0 Å². The van der Waals surface area contributed by atoms with Crippen LogP contribution in [0.15, 0.2) is 67.0 Å². The summed E-state index contributed by atoms with van der Waals surface area (Å²) >= 11 is 0. The fourth-order valence-corrected chi connectivity index (χ4v) is 4.36. The molecule has 174 valence electrons. The molecule has 3 heterocycles. The molecule has 34 heavy (non-hydrogen) atoms. The number of nitrogen functional groups attached to an aromatic ring is 1. The Bertz CT molecular complexity index is 1300. The van der Waals surface area contributed by atoms with Crippen LogP contribution in [-0.2, 0) is 0 Å². The van der Waals surface area contributed by atoms with Crippen molar-refractivity contribution >= 4 is 11.5 Å². The van der Waals surface area contributed by atoms with Gasteiger partial charge in [0, 0.05) is 60.8 Å². The predicted octanol–water partition coefficient (Wildman–Crippen LogP) is 4.08. The van der Waals surface area contributed by atoms with Gasteiger partial charge in [0.1, 0.15) is 17.4 Å². The number of hydrogen-bond acceptors (Lipinski definition) is 6. The van der Waals surface area contributed by atoms with E-state index < -0.39 is 0 Å². The molecule has 0 unspecified atom stereocenters. The van der Waals surface area contributed by atoms with Gasteiger partial charge in [-0.1, -0.05) is 0 Å². The number of likely N-dealkylation sites (N-methyl/N-ethyl adjacent to an activating group) is 1. The Morgan fingerprint density at radius 2 is 1.62 bits per heavy atom. The van der Waals surface area contributed by atoms with E-state index in [0.29, 0.717) is 5.82 Å². The molecule has 0 bridgehead atoms. The molecular weight excluding hydrogens is 431 g/mol. The Hall–Kier alpha value is -3.91. The highest BCUT2D eigenvalue weighted by Gasteiger charge is 2.20. The molecule has 1 fully saturated rings. The summed E-state index contributed by atoms with van der Waals surface area (Å²) < 4.78 is 21.1. The van der Waals surface area contributed by atoms with Gasteiger partial charge >= 0.3 is 0 Å². The quantitative estimate of drug-likeness (QED) is 0.486. The zero-order valence-corrected chi connectivity index (χ0v) is 19.3. The Morgan fingerprint density at radius 3 is 2.35 bits per heavy atom. The number of pyridine rings is 1. The molecule has 1 saturated heterocycles. The van der Waals surface area contributed by atoms with Crippen LogP contribution >= 0.6 is 0 Å². The molecule has 0 aliphatic carbocycles. The maximum atomic E-state index is 13.5. The average molecular weight is 459 g/mol.